The predicted octanol–water partition coefficient (Wildman–Crippen LogP) is 7.28. The van der Waals surface area contributed by atoms with Crippen molar-refractivity contribution in [1.82, 2.24) is 24.8 Å². The maximum absolute atomic E-state index is 17.5. The number of anilines is 1. The molecule has 4 aliphatic rings. The largest absolute Gasteiger partial charge is 0.468 e. The number of amides is 1. The number of hydrogen-bond donors (Lipinski definition) is 0. The van der Waals surface area contributed by atoms with Crippen LogP contribution in [0, 0.1) is 24.0 Å². The number of pyridine rings is 1. The Morgan fingerprint density at radius 3 is 2.58 bits per heavy atom. The molecule has 55 heavy (non-hydrogen) atoms. The average Bonchev–Trinajstić information content (AvgIpc) is 3.79. The molecule has 2 aromatic heterocycles. The first-order chi connectivity index (χ1) is 27.0. The van der Waals surface area contributed by atoms with Crippen LogP contribution in [0.4, 0.5) is 23.8 Å². The van der Waals surface area contributed by atoms with E-state index in [-0.39, 0.29) is 94.8 Å². The van der Waals surface area contributed by atoms with Gasteiger partial charge in [0.1, 0.15) is 52.1 Å². The second kappa shape index (κ2) is 14.2. The van der Waals surface area contributed by atoms with Crippen LogP contribution >= 0.6 is 11.6 Å². The zero-order valence-corrected chi connectivity index (χ0v) is 31.7. The fourth-order valence-corrected chi connectivity index (χ4v) is 8.84. The Bertz CT molecular complexity index is 2310. The average molecular weight is 781 g/mol. The van der Waals surface area contributed by atoms with Crippen LogP contribution in [-0.4, -0.2) is 107 Å². The van der Waals surface area contributed by atoms with Crippen LogP contribution in [0.15, 0.2) is 24.3 Å². The molecule has 2 bridgehead atoms. The zero-order chi connectivity index (χ0) is 40.6. The van der Waals surface area contributed by atoms with Gasteiger partial charge in [0.2, 0.25) is 0 Å². The second-order valence-corrected chi connectivity index (χ2v) is 15.9. The quantitative estimate of drug-likeness (QED) is 0.103. The first kappa shape index (κ1) is 34.9. The highest BCUT2D eigenvalue weighted by Crippen LogP contribution is 2.44. The van der Waals surface area contributed by atoms with Gasteiger partial charge in [-0.05, 0) is 76.6 Å². The maximum Gasteiger partial charge on any atom is 0.410 e. The van der Waals surface area contributed by atoms with E-state index in [1.165, 1.54) is 25.3 Å². The minimum atomic E-state index is -2.50. The maximum atomic E-state index is 17.5. The number of methoxy groups -OCH3 is 1. The number of nitrogens with zero attached hydrogens (tertiary/aromatic N) is 6. The fourth-order valence-electron chi connectivity index (χ4n) is 8.59. The Labute approximate surface area is 324 Å². The summed E-state index contributed by atoms with van der Waals surface area (Å²) in [5.74, 6) is 1.01. The van der Waals surface area contributed by atoms with Crippen molar-refractivity contribution in [3.8, 4) is 35.4 Å². The molecule has 0 aliphatic carbocycles. The number of alkyl halides is 1. The van der Waals surface area contributed by atoms with Gasteiger partial charge >= 0.3 is 12.1 Å². The van der Waals surface area contributed by atoms with Crippen LogP contribution in [0.5, 0.6) is 11.8 Å². The molecule has 2 aromatic carbocycles. The van der Waals surface area contributed by atoms with Gasteiger partial charge in [-0.3, -0.25) is 9.80 Å². The van der Waals surface area contributed by atoms with Gasteiger partial charge in [-0.15, -0.1) is 6.42 Å². The first-order valence-corrected chi connectivity index (χ1v) is 18.7. The molecule has 8 rings (SSSR count). The topological polar surface area (TPSA) is 102 Å². The number of ether oxygens (including phenoxy) is 4. The van der Waals surface area contributed by atoms with E-state index in [0.717, 1.165) is 0 Å². The number of aromatic nitrogens is 3. The number of piperazine rings is 1. The van der Waals surface area contributed by atoms with Crippen molar-refractivity contribution in [1.29, 1.82) is 0 Å². The van der Waals surface area contributed by atoms with Crippen molar-refractivity contribution in [3.05, 3.63) is 46.6 Å². The zero-order valence-electron chi connectivity index (χ0n) is 32.9. The molecule has 1 amide bonds. The molecule has 0 N–H and O–H groups in total. The smallest absolute Gasteiger partial charge is 0.410 e. The van der Waals surface area contributed by atoms with Crippen molar-refractivity contribution in [2.24, 2.45) is 0 Å². The third kappa shape index (κ3) is 6.74. The van der Waals surface area contributed by atoms with Crippen LogP contribution < -0.4 is 14.4 Å². The minimum Gasteiger partial charge on any atom is -0.468 e. The molecule has 4 aliphatic heterocycles. The Morgan fingerprint density at radius 1 is 1.11 bits per heavy atom. The third-order valence-corrected chi connectivity index (χ3v) is 11.1. The van der Waals surface area contributed by atoms with Crippen molar-refractivity contribution in [3.63, 3.8) is 0 Å². The van der Waals surface area contributed by atoms with Crippen LogP contribution in [0.3, 0.4) is 0 Å². The summed E-state index contributed by atoms with van der Waals surface area (Å²) in [4.78, 5) is 32.3. The molecule has 0 radical (unpaired) electrons. The Morgan fingerprint density at radius 2 is 1.87 bits per heavy atom. The highest BCUT2D eigenvalue weighted by Gasteiger charge is 2.50. The number of carbonyl (C=O) groups excluding carboxylic acids is 1. The van der Waals surface area contributed by atoms with Gasteiger partial charge in [0, 0.05) is 44.1 Å². The summed E-state index contributed by atoms with van der Waals surface area (Å²) in [7, 11) is 1.44. The summed E-state index contributed by atoms with van der Waals surface area (Å²) in [5.41, 5.74) is -2.78. The number of hydrogen-bond acceptors (Lipinski definition) is 10. The standard InChI is InChI=1S/C40H42ClF3N6O5/c1-6-27-29(43)11-8-22-14-26(54-21-52-5)15-28(30(22)27)33-32(44)34-31(35(41)45-33)36(47-37(46-34)53-20-40-12-7-13-49(40)17-23(42)16-40)48-18-24-9-10-25(19-48)50(24)38(51)55-39(2,3)4/h1,8,11,14-15,23-25H,7,9-10,12-13,16-21H2,2-5H3/t23-,24-,25+,40+/m1/s1/i20D2. The van der Waals surface area contributed by atoms with Gasteiger partial charge in [0.05, 0.1) is 31.3 Å². The summed E-state index contributed by atoms with van der Waals surface area (Å²) in [6.45, 7) is 3.83. The van der Waals surface area contributed by atoms with Crippen molar-refractivity contribution >= 4 is 45.2 Å². The summed E-state index contributed by atoms with van der Waals surface area (Å²) in [6, 6.07) is 4.64. The van der Waals surface area contributed by atoms with Crippen LogP contribution in [0.25, 0.3) is 32.9 Å². The van der Waals surface area contributed by atoms with Crippen molar-refractivity contribution < 1.29 is 39.7 Å². The molecule has 0 saturated carbocycles. The van der Waals surface area contributed by atoms with Crippen molar-refractivity contribution in [2.75, 3.05) is 51.5 Å². The molecule has 4 fully saturated rings. The number of terminal acetylenes is 1. The molecule has 0 unspecified atom stereocenters. The molecule has 11 nitrogen and oxygen atoms in total. The van der Waals surface area contributed by atoms with Gasteiger partial charge in [0.15, 0.2) is 12.6 Å². The van der Waals surface area contributed by atoms with E-state index in [0.29, 0.717) is 37.6 Å². The summed E-state index contributed by atoms with van der Waals surface area (Å²) in [6.07, 6.45) is 6.33. The molecular weight excluding hydrogens is 737 g/mol. The number of fused-ring (bicyclic) bond motifs is 5. The van der Waals surface area contributed by atoms with E-state index < -0.39 is 47.6 Å². The van der Waals surface area contributed by atoms with E-state index in [1.54, 1.807) is 36.6 Å². The SMILES string of the molecule is [2H]C([2H])(Oc1nc(N2C[C@H]3CC[C@@H](C2)N3C(=O)OC(C)(C)C)c2c(Cl)nc(-c3cc(OCOC)cc4ccc(F)c(C#C)c34)c(F)c2n1)[C@@]12CCCN1C[C@H](F)C2. The van der Waals surface area contributed by atoms with E-state index in [1.807, 2.05) is 4.90 Å². The van der Waals surface area contributed by atoms with Gasteiger partial charge in [0.25, 0.3) is 0 Å². The second-order valence-electron chi connectivity index (χ2n) is 15.6. The molecule has 15 heteroatoms. The van der Waals surface area contributed by atoms with E-state index in [2.05, 4.69) is 20.9 Å². The van der Waals surface area contributed by atoms with E-state index in [9.17, 15) is 11.9 Å². The van der Waals surface area contributed by atoms with Crippen LogP contribution in [-0.2, 0) is 9.47 Å². The van der Waals surface area contributed by atoms with Gasteiger partial charge < -0.3 is 23.8 Å². The predicted molar refractivity (Wildman–Crippen MR) is 201 cm³/mol. The van der Waals surface area contributed by atoms with Crippen LogP contribution in [0.2, 0.25) is 5.15 Å². The highest BCUT2D eigenvalue weighted by atomic mass is 35.5. The summed E-state index contributed by atoms with van der Waals surface area (Å²) in [5, 5.41) is 0.399. The summed E-state index contributed by atoms with van der Waals surface area (Å²) < 4.78 is 88.5. The normalized spacial score (nSPS) is 24.5. The Hall–Kier alpha value is -4.58. The molecule has 0 spiro atoms. The number of rotatable bonds is 8. The van der Waals surface area contributed by atoms with Gasteiger partial charge in [-0.1, -0.05) is 23.6 Å². The molecule has 290 valence electrons. The summed E-state index contributed by atoms with van der Waals surface area (Å²) >= 11 is 7.01. The lowest BCUT2D eigenvalue weighted by Crippen LogP contribution is -2.57. The lowest BCUT2D eigenvalue weighted by molar-refractivity contribution is 0.0122. The minimum absolute atomic E-state index is 0.0146. The van der Waals surface area contributed by atoms with Crippen molar-refractivity contribution in [2.45, 2.75) is 82.3 Å². The van der Waals surface area contributed by atoms with Gasteiger partial charge in [-0.25, -0.2) is 22.9 Å². The fraction of sp³-hybridized carbons (Fsp3) is 0.500. The number of halogens is 4. The number of benzene rings is 2. The lowest BCUT2D eigenvalue weighted by atomic mass is 9.95. The highest BCUT2D eigenvalue weighted by molar-refractivity contribution is 6.35. The van der Waals surface area contributed by atoms with Gasteiger partial charge in [-0.2, -0.15) is 9.97 Å². The molecule has 4 saturated heterocycles. The molecule has 6 heterocycles. The monoisotopic (exact) mass is 780 g/mol. The molecule has 4 atom stereocenters. The molecular formula is C40H42ClF3N6O5. The lowest BCUT2D eigenvalue weighted by Gasteiger charge is -2.42. The van der Waals surface area contributed by atoms with Crippen LogP contribution in [0.1, 0.15) is 61.2 Å². The van der Waals surface area contributed by atoms with E-state index >= 15 is 8.78 Å². The Kier molecular flexibility index (Phi) is 8.99. The Balaban J connectivity index is 1.30. The third-order valence-electron chi connectivity index (χ3n) is 10.8. The number of carbonyl (C=O) groups is 1. The first-order valence-electron chi connectivity index (χ1n) is 19.3. The van der Waals surface area contributed by atoms with E-state index in [4.69, 9.17) is 37.0 Å². The molecule has 4 aromatic rings.